The number of amides is 2. The van der Waals surface area contributed by atoms with Crippen molar-refractivity contribution in [3.05, 3.63) is 11.6 Å². The maximum atomic E-state index is 13.0. The molecule has 0 unspecified atom stereocenters. The van der Waals surface area contributed by atoms with Crippen LogP contribution in [0.15, 0.2) is 11.6 Å². The molecule has 3 fully saturated rings. The van der Waals surface area contributed by atoms with Crippen molar-refractivity contribution < 1.29 is 9.59 Å². The van der Waals surface area contributed by atoms with E-state index in [1.807, 2.05) is 18.7 Å². The van der Waals surface area contributed by atoms with Crippen molar-refractivity contribution >= 4 is 11.8 Å². The van der Waals surface area contributed by atoms with Gasteiger partial charge >= 0.3 is 0 Å². The van der Waals surface area contributed by atoms with Crippen LogP contribution < -0.4 is 0 Å². The van der Waals surface area contributed by atoms with Crippen LogP contribution in [0.25, 0.3) is 0 Å². The fourth-order valence-corrected chi connectivity index (χ4v) is 4.09. The van der Waals surface area contributed by atoms with Crippen molar-refractivity contribution in [1.82, 2.24) is 9.80 Å². The van der Waals surface area contributed by atoms with Crippen LogP contribution in [0.4, 0.5) is 0 Å². The predicted molar refractivity (Wildman–Crippen MR) is 86.2 cm³/mol. The summed E-state index contributed by atoms with van der Waals surface area (Å²) < 4.78 is 0. The molecule has 0 aromatic rings. The second-order valence-corrected chi connectivity index (χ2v) is 7.66. The molecule has 3 rings (SSSR count). The monoisotopic (exact) mass is 304 g/mol. The van der Waals surface area contributed by atoms with E-state index in [4.69, 9.17) is 0 Å². The summed E-state index contributed by atoms with van der Waals surface area (Å²) in [6.07, 6.45) is 8.45. The van der Waals surface area contributed by atoms with Gasteiger partial charge in [0, 0.05) is 32.3 Å². The van der Waals surface area contributed by atoms with E-state index in [2.05, 4.69) is 4.90 Å². The van der Waals surface area contributed by atoms with E-state index in [0.717, 1.165) is 50.4 Å². The van der Waals surface area contributed by atoms with Crippen molar-refractivity contribution in [3.8, 4) is 0 Å². The Hall–Kier alpha value is -1.32. The van der Waals surface area contributed by atoms with Gasteiger partial charge in [-0.05, 0) is 51.9 Å². The first-order chi connectivity index (χ1) is 10.5. The van der Waals surface area contributed by atoms with Gasteiger partial charge in [-0.3, -0.25) is 9.59 Å². The molecule has 0 N–H and O–H groups in total. The molecular formula is C18H28N2O2. The van der Waals surface area contributed by atoms with Crippen LogP contribution in [-0.2, 0) is 9.59 Å². The van der Waals surface area contributed by atoms with Gasteiger partial charge in [-0.2, -0.15) is 0 Å². The van der Waals surface area contributed by atoms with Gasteiger partial charge in [0.2, 0.25) is 11.8 Å². The molecule has 2 saturated heterocycles. The second-order valence-electron chi connectivity index (χ2n) is 7.66. The maximum Gasteiger partial charge on any atom is 0.246 e. The van der Waals surface area contributed by atoms with E-state index in [9.17, 15) is 9.59 Å². The third kappa shape index (κ3) is 2.92. The van der Waals surface area contributed by atoms with E-state index >= 15 is 0 Å². The van der Waals surface area contributed by atoms with E-state index in [-0.39, 0.29) is 11.3 Å². The van der Waals surface area contributed by atoms with Crippen LogP contribution in [0.2, 0.25) is 0 Å². The fourth-order valence-electron chi connectivity index (χ4n) is 4.09. The molecule has 4 nitrogen and oxygen atoms in total. The third-order valence-electron chi connectivity index (χ3n) is 5.61. The molecule has 4 heteroatoms. The number of hydrogen-bond acceptors (Lipinski definition) is 2. The number of carbonyl (C=O) groups excluding carboxylic acids is 2. The van der Waals surface area contributed by atoms with Crippen molar-refractivity contribution in [2.24, 2.45) is 11.3 Å². The molecule has 122 valence electrons. The molecule has 1 spiro atoms. The number of hydrogen-bond donors (Lipinski definition) is 0. The summed E-state index contributed by atoms with van der Waals surface area (Å²) in [5.41, 5.74) is 0.736. The Kier molecular flexibility index (Phi) is 4.28. The van der Waals surface area contributed by atoms with Crippen LogP contribution in [0.1, 0.15) is 52.4 Å². The summed E-state index contributed by atoms with van der Waals surface area (Å²) in [6, 6.07) is 0. The van der Waals surface area contributed by atoms with Gasteiger partial charge in [0.15, 0.2) is 0 Å². The minimum atomic E-state index is -0.285. The van der Waals surface area contributed by atoms with E-state index in [1.54, 1.807) is 6.08 Å². The Morgan fingerprint density at radius 3 is 2.64 bits per heavy atom. The van der Waals surface area contributed by atoms with E-state index in [0.29, 0.717) is 12.5 Å². The number of carbonyl (C=O) groups is 2. The highest BCUT2D eigenvalue weighted by Crippen LogP contribution is 2.41. The highest BCUT2D eigenvalue weighted by molar-refractivity contribution is 5.90. The lowest BCUT2D eigenvalue weighted by atomic mass is 9.77. The quantitative estimate of drug-likeness (QED) is 0.752. The Balaban J connectivity index is 1.66. The molecule has 3 aliphatic rings. The van der Waals surface area contributed by atoms with Crippen LogP contribution in [-0.4, -0.2) is 47.8 Å². The molecule has 2 heterocycles. The van der Waals surface area contributed by atoms with Crippen LogP contribution >= 0.6 is 0 Å². The van der Waals surface area contributed by atoms with Crippen LogP contribution in [0, 0.1) is 11.3 Å². The van der Waals surface area contributed by atoms with Gasteiger partial charge in [0.1, 0.15) is 0 Å². The lowest BCUT2D eigenvalue weighted by Gasteiger charge is -2.42. The van der Waals surface area contributed by atoms with E-state index in [1.165, 1.54) is 19.3 Å². The molecule has 0 radical (unpaired) electrons. The fraction of sp³-hybridized carbons (Fsp3) is 0.778. The number of nitrogens with zero attached hydrogens (tertiary/aromatic N) is 2. The summed E-state index contributed by atoms with van der Waals surface area (Å²) in [6.45, 7) is 7.09. The van der Waals surface area contributed by atoms with Gasteiger partial charge in [-0.25, -0.2) is 0 Å². The number of likely N-dealkylation sites (tertiary alicyclic amines) is 2. The Morgan fingerprint density at radius 2 is 2.00 bits per heavy atom. The highest BCUT2D eigenvalue weighted by Gasteiger charge is 2.49. The number of allylic oxidation sites excluding steroid dienone is 1. The standard InChI is InChI=1S/C18H28N2O2/c1-14(2)11-16(21)20-10-8-18(13-20)7-4-9-19(17(18)22)12-15-5-3-6-15/h11,15H,3-10,12-13H2,1-2H3/t18-/m0/s1. The molecule has 0 bridgehead atoms. The first-order valence-electron chi connectivity index (χ1n) is 8.73. The Labute approximate surface area is 133 Å². The van der Waals surface area contributed by atoms with Crippen LogP contribution in [0.3, 0.4) is 0 Å². The average molecular weight is 304 g/mol. The summed E-state index contributed by atoms with van der Waals surface area (Å²) in [7, 11) is 0. The predicted octanol–water partition coefficient (Wildman–Crippen LogP) is 2.59. The van der Waals surface area contributed by atoms with Gasteiger partial charge in [0.05, 0.1) is 5.41 Å². The number of rotatable bonds is 3. The van der Waals surface area contributed by atoms with Crippen molar-refractivity contribution in [1.29, 1.82) is 0 Å². The second kappa shape index (κ2) is 6.05. The first-order valence-corrected chi connectivity index (χ1v) is 8.73. The number of piperidine rings is 1. The molecule has 2 amide bonds. The highest BCUT2D eigenvalue weighted by atomic mass is 16.2. The minimum Gasteiger partial charge on any atom is -0.342 e. The maximum absolute atomic E-state index is 13.0. The van der Waals surface area contributed by atoms with E-state index < -0.39 is 0 Å². The summed E-state index contributed by atoms with van der Waals surface area (Å²) in [5.74, 6) is 1.11. The Morgan fingerprint density at radius 1 is 1.23 bits per heavy atom. The molecule has 1 atom stereocenters. The minimum absolute atomic E-state index is 0.0702. The molecule has 22 heavy (non-hydrogen) atoms. The SMILES string of the molecule is CC(C)=CC(=O)N1CC[C@@]2(CCCN(CC3CCC3)C2=O)C1. The smallest absolute Gasteiger partial charge is 0.246 e. The molecular weight excluding hydrogens is 276 g/mol. The molecule has 0 aromatic heterocycles. The zero-order valence-corrected chi connectivity index (χ0v) is 13.9. The molecule has 1 saturated carbocycles. The lowest BCUT2D eigenvalue weighted by molar-refractivity contribution is -0.147. The third-order valence-corrected chi connectivity index (χ3v) is 5.61. The van der Waals surface area contributed by atoms with Crippen LogP contribution in [0.5, 0.6) is 0 Å². The molecule has 0 aromatic carbocycles. The zero-order chi connectivity index (χ0) is 15.7. The topological polar surface area (TPSA) is 40.6 Å². The van der Waals surface area contributed by atoms with Crippen molar-refractivity contribution in [3.63, 3.8) is 0 Å². The average Bonchev–Trinajstić information content (AvgIpc) is 2.83. The zero-order valence-electron chi connectivity index (χ0n) is 13.9. The van der Waals surface area contributed by atoms with Crippen molar-refractivity contribution in [2.45, 2.75) is 52.4 Å². The lowest BCUT2D eigenvalue weighted by Crippen LogP contribution is -2.52. The Bertz CT molecular complexity index is 491. The summed E-state index contributed by atoms with van der Waals surface area (Å²) in [4.78, 5) is 29.2. The largest absolute Gasteiger partial charge is 0.342 e. The molecule has 1 aliphatic carbocycles. The van der Waals surface area contributed by atoms with Gasteiger partial charge in [-0.1, -0.05) is 12.0 Å². The summed E-state index contributed by atoms with van der Waals surface area (Å²) >= 11 is 0. The van der Waals surface area contributed by atoms with Gasteiger partial charge in [0.25, 0.3) is 0 Å². The van der Waals surface area contributed by atoms with Gasteiger partial charge < -0.3 is 9.80 Å². The molecule has 2 aliphatic heterocycles. The first kappa shape index (κ1) is 15.6. The van der Waals surface area contributed by atoms with Crippen molar-refractivity contribution in [2.75, 3.05) is 26.2 Å². The summed E-state index contributed by atoms with van der Waals surface area (Å²) in [5, 5.41) is 0. The van der Waals surface area contributed by atoms with Gasteiger partial charge in [-0.15, -0.1) is 0 Å². The normalized spacial score (nSPS) is 28.9.